The van der Waals surface area contributed by atoms with E-state index in [0.717, 1.165) is 22.6 Å². The maximum atomic E-state index is 5.20. The van der Waals surface area contributed by atoms with Crippen molar-refractivity contribution in [3.05, 3.63) is 36.4 Å². The van der Waals surface area contributed by atoms with E-state index in [0.29, 0.717) is 0 Å². The first-order chi connectivity index (χ1) is 6.78. The number of benzene rings is 1. The van der Waals surface area contributed by atoms with E-state index in [2.05, 4.69) is 13.2 Å². The lowest BCUT2D eigenvalue weighted by atomic mass is 10.1. The van der Waals surface area contributed by atoms with E-state index in [1.165, 1.54) is 0 Å². The Morgan fingerprint density at radius 1 is 0.929 bits per heavy atom. The Kier molecular flexibility index (Phi) is 3.35. The zero-order valence-corrected chi connectivity index (χ0v) is 8.54. The Hall–Kier alpha value is -1.70. The van der Waals surface area contributed by atoms with E-state index in [1.54, 1.807) is 26.4 Å². The molecule has 0 bridgehead atoms. The molecule has 2 heteroatoms. The zero-order valence-electron chi connectivity index (χ0n) is 8.54. The van der Waals surface area contributed by atoms with Crippen LogP contribution in [0, 0.1) is 0 Å². The standard InChI is InChI=1S/C12H14O2/c1-5-9-10(6-2)12(14-4)8-7-11(9)13-3/h5-8H,1-2H2,3-4H3. The van der Waals surface area contributed by atoms with Gasteiger partial charge in [-0.2, -0.15) is 0 Å². The summed E-state index contributed by atoms with van der Waals surface area (Å²) in [4.78, 5) is 0. The van der Waals surface area contributed by atoms with Crippen LogP contribution in [0.1, 0.15) is 11.1 Å². The Morgan fingerprint density at radius 2 is 1.29 bits per heavy atom. The van der Waals surface area contributed by atoms with Crippen LogP contribution in [-0.4, -0.2) is 14.2 Å². The molecule has 0 heterocycles. The quantitative estimate of drug-likeness (QED) is 0.726. The van der Waals surface area contributed by atoms with Crippen molar-refractivity contribution in [1.29, 1.82) is 0 Å². The molecule has 74 valence electrons. The summed E-state index contributed by atoms with van der Waals surface area (Å²) in [6.07, 6.45) is 3.47. The molecule has 0 aromatic heterocycles. The molecule has 0 spiro atoms. The summed E-state index contributed by atoms with van der Waals surface area (Å²) in [5.74, 6) is 1.55. The molecule has 0 atom stereocenters. The van der Waals surface area contributed by atoms with Gasteiger partial charge in [0, 0.05) is 11.1 Å². The van der Waals surface area contributed by atoms with Crippen molar-refractivity contribution in [2.24, 2.45) is 0 Å². The first kappa shape index (κ1) is 10.4. The van der Waals surface area contributed by atoms with Crippen LogP contribution in [0.15, 0.2) is 25.3 Å². The molecule has 14 heavy (non-hydrogen) atoms. The molecular formula is C12H14O2. The molecule has 0 saturated heterocycles. The summed E-state index contributed by atoms with van der Waals surface area (Å²) < 4.78 is 10.4. The summed E-state index contributed by atoms with van der Waals surface area (Å²) >= 11 is 0. The Bertz CT molecular complexity index is 319. The molecular weight excluding hydrogens is 176 g/mol. The average Bonchev–Trinajstić information content (AvgIpc) is 2.26. The second-order valence-electron chi connectivity index (χ2n) is 2.71. The maximum Gasteiger partial charge on any atom is 0.126 e. The van der Waals surface area contributed by atoms with E-state index < -0.39 is 0 Å². The van der Waals surface area contributed by atoms with Crippen molar-refractivity contribution < 1.29 is 9.47 Å². The van der Waals surface area contributed by atoms with Crippen molar-refractivity contribution in [3.63, 3.8) is 0 Å². The number of ether oxygens (including phenoxy) is 2. The molecule has 1 aromatic rings. The van der Waals surface area contributed by atoms with Crippen LogP contribution in [0.4, 0.5) is 0 Å². The van der Waals surface area contributed by atoms with Crippen molar-refractivity contribution in [3.8, 4) is 11.5 Å². The fourth-order valence-electron chi connectivity index (χ4n) is 1.37. The van der Waals surface area contributed by atoms with Gasteiger partial charge in [0.25, 0.3) is 0 Å². The van der Waals surface area contributed by atoms with Gasteiger partial charge in [0.05, 0.1) is 14.2 Å². The van der Waals surface area contributed by atoms with Crippen molar-refractivity contribution >= 4 is 12.2 Å². The SMILES string of the molecule is C=Cc1c(OC)ccc(OC)c1C=C. The highest BCUT2D eigenvalue weighted by Gasteiger charge is 2.08. The lowest BCUT2D eigenvalue weighted by Crippen LogP contribution is -1.93. The van der Waals surface area contributed by atoms with Crippen LogP contribution in [0.25, 0.3) is 12.2 Å². The van der Waals surface area contributed by atoms with Gasteiger partial charge < -0.3 is 9.47 Å². The van der Waals surface area contributed by atoms with Gasteiger partial charge in [0.15, 0.2) is 0 Å². The highest BCUT2D eigenvalue weighted by Crippen LogP contribution is 2.31. The molecule has 0 saturated carbocycles. The minimum atomic E-state index is 0.774. The number of hydrogen-bond acceptors (Lipinski definition) is 2. The number of hydrogen-bond donors (Lipinski definition) is 0. The molecule has 0 fully saturated rings. The second-order valence-corrected chi connectivity index (χ2v) is 2.71. The summed E-state index contributed by atoms with van der Waals surface area (Å²) in [5.41, 5.74) is 1.81. The highest BCUT2D eigenvalue weighted by atomic mass is 16.5. The number of methoxy groups -OCH3 is 2. The van der Waals surface area contributed by atoms with Gasteiger partial charge in [-0.05, 0) is 12.1 Å². The van der Waals surface area contributed by atoms with Gasteiger partial charge in [0.1, 0.15) is 11.5 Å². The molecule has 0 N–H and O–H groups in total. The Morgan fingerprint density at radius 3 is 1.50 bits per heavy atom. The smallest absolute Gasteiger partial charge is 0.126 e. The normalized spacial score (nSPS) is 9.29. The van der Waals surface area contributed by atoms with Crippen molar-refractivity contribution in [2.45, 2.75) is 0 Å². The van der Waals surface area contributed by atoms with Crippen LogP contribution < -0.4 is 9.47 Å². The first-order valence-corrected chi connectivity index (χ1v) is 4.28. The molecule has 0 amide bonds. The predicted octanol–water partition coefficient (Wildman–Crippen LogP) is 2.99. The lowest BCUT2D eigenvalue weighted by molar-refractivity contribution is 0.401. The third-order valence-corrected chi connectivity index (χ3v) is 2.06. The summed E-state index contributed by atoms with van der Waals surface area (Å²) in [5, 5.41) is 0. The van der Waals surface area contributed by atoms with Gasteiger partial charge in [-0.25, -0.2) is 0 Å². The van der Waals surface area contributed by atoms with Gasteiger partial charge in [0.2, 0.25) is 0 Å². The van der Waals surface area contributed by atoms with Crippen molar-refractivity contribution in [1.82, 2.24) is 0 Å². The number of rotatable bonds is 4. The van der Waals surface area contributed by atoms with E-state index in [-0.39, 0.29) is 0 Å². The minimum absolute atomic E-state index is 0.774. The molecule has 1 aromatic carbocycles. The molecule has 0 aliphatic heterocycles. The summed E-state index contributed by atoms with van der Waals surface area (Å²) in [7, 11) is 3.25. The maximum absolute atomic E-state index is 5.20. The van der Waals surface area contributed by atoms with Crippen LogP contribution in [0.2, 0.25) is 0 Å². The van der Waals surface area contributed by atoms with Gasteiger partial charge in [-0.3, -0.25) is 0 Å². The molecule has 1 rings (SSSR count). The summed E-state index contributed by atoms with van der Waals surface area (Å²) in [6.45, 7) is 7.48. The minimum Gasteiger partial charge on any atom is -0.496 e. The van der Waals surface area contributed by atoms with E-state index in [1.807, 2.05) is 12.1 Å². The van der Waals surface area contributed by atoms with Crippen LogP contribution in [-0.2, 0) is 0 Å². The molecule has 0 unspecified atom stereocenters. The first-order valence-electron chi connectivity index (χ1n) is 4.28. The highest BCUT2D eigenvalue weighted by molar-refractivity contribution is 5.73. The van der Waals surface area contributed by atoms with Crippen molar-refractivity contribution in [2.75, 3.05) is 14.2 Å². The fourth-order valence-corrected chi connectivity index (χ4v) is 1.37. The van der Waals surface area contributed by atoms with E-state index in [9.17, 15) is 0 Å². The predicted molar refractivity (Wildman–Crippen MR) is 59.7 cm³/mol. The Balaban J connectivity index is 3.43. The van der Waals surface area contributed by atoms with Crippen LogP contribution in [0.3, 0.4) is 0 Å². The molecule has 2 nitrogen and oxygen atoms in total. The fraction of sp³-hybridized carbons (Fsp3) is 0.167. The largest absolute Gasteiger partial charge is 0.496 e. The topological polar surface area (TPSA) is 18.5 Å². The molecule has 0 aliphatic rings. The third-order valence-electron chi connectivity index (χ3n) is 2.06. The van der Waals surface area contributed by atoms with Gasteiger partial charge in [-0.15, -0.1) is 0 Å². The second kappa shape index (κ2) is 4.51. The average molecular weight is 190 g/mol. The summed E-state index contributed by atoms with van der Waals surface area (Å²) in [6, 6.07) is 3.70. The van der Waals surface area contributed by atoms with Crippen LogP contribution >= 0.6 is 0 Å². The van der Waals surface area contributed by atoms with Crippen LogP contribution in [0.5, 0.6) is 11.5 Å². The van der Waals surface area contributed by atoms with Gasteiger partial charge >= 0.3 is 0 Å². The third kappa shape index (κ3) is 1.64. The molecule has 0 radical (unpaired) electrons. The lowest BCUT2D eigenvalue weighted by Gasteiger charge is -2.11. The zero-order chi connectivity index (χ0) is 10.6. The van der Waals surface area contributed by atoms with E-state index >= 15 is 0 Å². The van der Waals surface area contributed by atoms with E-state index in [4.69, 9.17) is 9.47 Å². The Labute approximate surface area is 84.5 Å². The monoisotopic (exact) mass is 190 g/mol. The molecule has 0 aliphatic carbocycles. The van der Waals surface area contributed by atoms with Gasteiger partial charge in [-0.1, -0.05) is 25.3 Å².